The predicted molar refractivity (Wildman–Crippen MR) is 106 cm³/mol. The summed E-state index contributed by atoms with van der Waals surface area (Å²) in [7, 11) is 0. The third-order valence-electron chi connectivity index (χ3n) is 4.81. The van der Waals surface area contributed by atoms with Gasteiger partial charge in [-0.2, -0.15) is 0 Å². The summed E-state index contributed by atoms with van der Waals surface area (Å²) >= 11 is 0. The highest BCUT2D eigenvalue weighted by atomic mass is 16.5. The maximum Gasteiger partial charge on any atom is 0.265 e. The molecule has 1 N–H and O–H groups in total. The molecule has 1 atom stereocenters. The number of hydrogen-bond donors (Lipinski definition) is 1. The largest absolute Gasteiger partial charge is 0.481 e. The van der Waals surface area contributed by atoms with Gasteiger partial charge in [0.25, 0.3) is 11.8 Å². The summed E-state index contributed by atoms with van der Waals surface area (Å²) in [4.78, 5) is 26.6. The van der Waals surface area contributed by atoms with Crippen LogP contribution in [0.25, 0.3) is 0 Å². The minimum Gasteiger partial charge on any atom is -0.481 e. The Morgan fingerprint density at radius 3 is 2.26 bits per heavy atom. The molecule has 2 amide bonds. The summed E-state index contributed by atoms with van der Waals surface area (Å²) in [5.41, 5.74) is 2.52. The van der Waals surface area contributed by atoms with E-state index in [0.29, 0.717) is 17.0 Å². The van der Waals surface area contributed by atoms with Crippen LogP contribution >= 0.6 is 0 Å². The van der Waals surface area contributed by atoms with Crippen LogP contribution in [-0.2, 0) is 11.2 Å². The lowest BCUT2D eigenvalue weighted by atomic mass is 10.1. The fraction of sp³-hybridized carbons (Fsp3) is 0.364. The maximum absolute atomic E-state index is 12.4. The van der Waals surface area contributed by atoms with E-state index in [0.717, 1.165) is 32.4 Å². The summed E-state index contributed by atoms with van der Waals surface area (Å²) < 4.78 is 5.70. The lowest BCUT2D eigenvalue weighted by Crippen LogP contribution is -2.30. The number of nitrogens with zero attached hydrogens (tertiary/aromatic N) is 1. The second-order valence-electron chi connectivity index (χ2n) is 6.82. The van der Waals surface area contributed by atoms with E-state index < -0.39 is 6.10 Å². The molecule has 1 aliphatic rings. The Balaban J connectivity index is 1.55. The number of aryl methyl sites for hydroxylation is 1. The number of ether oxygens (including phenoxy) is 1. The van der Waals surface area contributed by atoms with Crippen molar-refractivity contribution >= 4 is 17.5 Å². The predicted octanol–water partition coefficient (Wildman–Crippen LogP) is 3.89. The van der Waals surface area contributed by atoms with Gasteiger partial charge in [0, 0.05) is 24.3 Å². The second kappa shape index (κ2) is 8.71. The van der Waals surface area contributed by atoms with Crippen molar-refractivity contribution in [2.75, 3.05) is 18.4 Å². The Bertz CT molecular complexity index is 778. The zero-order chi connectivity index (χ0) is 19.2. The lowest BCUT2D eigenvalue weighted by molar-refractivity contribution is -0.122. The van der Waals surface area contributed by atoms with Crippen LogP contribution in [0, 0.1) is 0 Å². The molecule has 3 rings (SSSR count). The van der Waals surface area contributed by atoms with Gasteiger partial charge in [0.1, 0.15) is 5.75 Å². The SMILES string of the molecule is CCc1ccc(O[C@@H](C)C(=O)Nc2ccc(C(=O)N3CCCC3)cc2)cc1. The molecule has 1 heterocycles. The van der Waals surface area contributed by atoms with Crippen LogP contribution in [0.5, 0.6) is 5.75 Å². The third kappa shape index (κ3) is 4.88. The summed E-state index contributed by atoms with van der Waals surface area (Å²) in [5, 5.41) is 2.83. The number of amides is 2. The van der Waals surface area contributed by atoms with E-state index in [2.05, 4.69) is 12.2 Å². The first kappa shape index (κ1) is 19.0. The monoisotopic (exact) mass is 366 g/mol. The first-order valence-electron chi connectivity index (χ1n) is 9.52. The minimum absolute atomic E-state index is 0.0533. The van der Waals surface area contributed by atoms with Crippen molar-refractivity contribution in [1.29, 1.82) is 0 Å². The van der Waals surface area contributed by atoms with E-state index in [9.17, 15) is 9.59 Å². The molecule has 1 fully saturated rings. The van der Waals surface area contributed by atoms with Crippen molar-refractivity contribution in [1.82, 2.24) is 4.90 Å². The molecule has 5 heteroatoms. The zero-order valence-electron chi connectivity index (χ0n) is 15.9. The van der Waals surface area contributed by atoms with Gasteiger partial charge in [-0.25, -0.2) is 0 Å². The lowest BCUT2D eigenvalue weighted by Gasteiger charge is -2.16. The van der Waals surface area contributed by atoms with Gasteiger partial charge in [0.15, 0.2) is 6.10 Å². The Morgan fingerprint density at radius 2 is 1.67 bits per heavy atom. The Morgan fingerprint density at radius 1 is 1.04 bits per heavy atom. The Labute approximate surface area is 160 Å². The fourth-order valence-corrected chi connectivity index (χ4v) is 3.10. The van der Waals surface area contributed by atoms with Gasteiger partial charge in [-0.3, -0.25) is 9.59 Å². The van der Waals surface area contributed by atoms with Gasteiger partial charge in [0.05, 0.1) is 0 Å². The molecular formula is C22H26N2O3. The first-order chi connectivity index (χ1) is 13.1. The van der Waals surface area contributed by atoms with Crippen LogP contribution < -0.4 is 10.1 Å². The van der Waals surface area contributed by atoms with Crippen LogP contribution in [0.15, 0.2) is 48.5 Å². The fourth-order valence-electron chi connectivity index (χ4n) is 3.10. The standard InChI is InChI=1S/C22H26N2O3/c1-3-17-6-12-20(13-7-17)27-16(2)21(25)23-19-10-8-18(9-11-19)22(26)24-14-4-5-15-24/h6-13,16H,3-5,14-15H2,1-2H3,(H,23,25)/t16-/m0/s1. The molecule has 0 radical (unpaired) electrons. The highest BCUT2D eigenvalue weighted by molar-refractivity contribution is 5.97. The Kier molecular flexibility index (Phi) is 6.12. The number of hydrogen-bond acceptors (Lipinski definition) is 3. The van der Waals surface area contributed by atoms with Crippen LogP contribution in [0.1, 0.15) is 42.6 Å². The molecule has 2 aromatic carbocycles. The van der Waals surface area contributed by atoms with Crippen LogP contribution in [0.4, 0.5) is 5.69 Å². The summed E-state index contributed by atoms with van der Waals surface area (Å²) in [6.45, 7) is 5.46. The number of benzene rings is 2. The molecule has 142 valence electrons. The number of carbonyl (C=O) groups is 2. The molecule has 5 nitrogen and oxygen atoms in total. The highest BCUT2D eigenvalue weighted by Crippen LogP contribution is 2.17. The Hall–Kier alpha value is -2.82. The molecule has 0 bridgehead atoms. The van der Waals surface area contributed by atoms with E-state index in [-0.39, 0.29) is 11.8 Å². The van der Waals surface area contributed by atoms with E-state index >= 15 is 0 Å². The van der Waals surface area contributed by atoms with Gasteiger partial charge < -0.3 is 15.0 Å². The van der Waals surface area contributed by atoms with E-state index in [4.69, 9.17) is 4.74 Å². The molecule has 0 saturated carbocycles. The number of nitrogens with one attached hydrogen (secondary N) is 1. The van der Waals surface area contributed by atoms with Crippen LogP contribution in [-0.4, -0.2) is 35.9 Å². The third-order valence-corrected chi connectivity index (χ3v) is 4.81. The number of likely N-dealkylation sites (tertiary alicyclic amines) is 1. The van der Waals surface area contributed by atoms with Crippen molar-refractivity contribution in [2.24, 2.45) is 0 Å². The highest BCUT2D eigenvalue weighted by Gasteiger charge is 2.20. The van der Waals surface area contributed by atoms with E-state index in [1.807, 2.05) is 29.2 Å². The quantitative estimate of drug-likeness (QED) is 0.844. The topological polar surface area (TPSA) is 58.6 Å². The molecule has 1 saturated heterocycles. The minimum atomic E-state index is -0.622. The van der Waals surface area contributed by atoms with Gasteiger partial charge in [-0.1, -0.05) is 19.1 Å². The average Bonchev–Trinajstić information content (AvgIpc) is 3.23. The summed E-state index contributed by atoms with van der Waals surface area (Å²) in [5.74, 6) is 0.493. The molecule has 0 aromatic heterocycles. The van der Waals surface area contributed by atoms with Gasteiger partial charge >= 0.3 is 0 Å². The maximum atomic E-state index is 12.4. The van der Waals surface area contributed by atoms with Gasteiger partial charge in [-0.05, 0) is 68.1 Å². The van der Waals surface area contributed by atoms with Crippen molar-refractivity contribution in [3.8, 4) is 5.75 Å². The molecule has 0 aliphatic carbocycles. The molecule has 1 aliphatic heterocycles. The molecule has 0 unspecified atom stereocenters. The number of carbonyl (C=O) groups excluding carboxylic acids is 2. The van der Waals surface area contributed by atoms with Crippen molar-refractivity contribution < 1.29 is 14.3 Å². The van der Waals surface area contributed by atoms with Crippen molar-refractivity contribution in [3.05, 3.63) is 59.7 Å². The summed E-state index contributed by atoms with van der Waals surface area (Å²) in [6, 6.07) is 14.8. The number of anilines is 1. The smallest absolute Gasteiger partial charge is 0.265 e. The molecule has 2 aromatic rings. The van der Waals surface area contributed by atoms with E-state index in [1.54, 1.807) is 31.2 Å². The van der Waals surface area contributed by atoms with Crippen LogP contribution in [0.2, 0.25) is 0 Å². The van der Waals surface area contributed by atoms with E-state index in [1.165, 1.54) is 5.56 Å². The van der Waals surface area contributed by atoms with Crippen molar-refractivity contribution in [3.63, 3.8) is 0 Å². The van der Waals surface area contributed by atoms with Gasteiger partial charge in [-0.15, -0.1) is 0 Å². The summed E-state index contributed by atoms with van der Waals surface area (Å²) in [6.07, 6.45) is 2.48. The molecular weight excluding hydrogens is 340 g/mol. The van der Waals surface area contributed by atoms with Crippen molar-refractivity contribution in [2.45, 2.75) is 39.2 Å². The van der Waals surface area contributed by atoms with Gasteiger partial charge in [0.2, 0.25) is 0 Å². The second-order valence-corrected chi connectivity index (χ2v) is 6.82. The molecule has 27 heavy (non-hydrogen) atoms. The first-order valence-corrected chi connectivity index (χ1v) is 9.52. The molecule has 0 spiro atoms. The normalized spacial score (nSPS) is 14.7. The average molecular weight is 366 g/mol. The number of rotatable bonds is 6. The van der Waals surface area contributed by atoms with Crippen LogP contribution in [0.3, 0.4) is 0 Å². The zero-order valence-corrected chi connectivity index (χ0v) is 15.9.